The number of nitrogens with one attached hydrogen (secondary N) is 1. The fraction of sp³-hybridized carbons (Fsp3) is 0.520. The van der Waals surface area contributed by atoms with Gasteiger partial charge in [-0.1, -0.05) is 5.92 Å². The van der Waals surface area contributed by atoms with Crippen LogP contribution in [0.1, 0.15) is 24.6 Å². The van der Waals surface area contributed by atoms with E-state index in [0.717, 1.165) is 0 Å². The van der Waals surface area contributed by atoms with Crippen LogP contribution in [0.25, 0.3) is 0 Å². The van der Waals surface area contributed by atoms with Gasteiger partial charge in [-0.05, 0) is 25.0 Å². The Balaban J connectivity index is 1.36. The summed E-state index contributed by atoms with van der Waals surface area (Å²) in [6.07, 6.45) is -2.54. The first-order chi connectivity index (χ1) is 18.5. The molecule has 0 amide bonds. The minimum absolute atomic E-state index is 0.0111. The van der Waals surface area contributed by atoms with Crippen molar-refractivity contribution in [3.63, 3.8) is 0 Å². The summed E-state index contributed by atoms with van der Waals surface area (Å²) in [4.78, 5) is 29.7. The fourth-order valence-corrected chi connectivity index (χ4v) is 4.68. The molecular weight excluding hydrogens is 523 g/mol. The Bertz CT molecular complexity index is 1320. The van der Waals surface area contributed by atoms with E-state index in [-0.39, 0.29) is 24.9 Å². The summed E-state index contributed by atoms with van der Waals surface area (Å²) >= 11 is 0. The minimum Gasteiger partial charge on any atom is -0.471 e. The summed E-state index contributed by atoms with van der Waals surface area (Å²) in [5.41, 5.74) is 1.42. The summed E-state index contributed by atoms with van der Waals surface area (Å²) in [7, 11) is 1.80. The van der Waals surface area contributed by atoms with Crippen molar-refractivity contribution in [3.8, 4) is 17.7 Å². The average Bonchev–Trinajstić information content (AvgIpc) is 3.51. The van der Waals surface area contributed by atoms with Crippen LogP contribution in [0.2, 0.25) is 0 Å². The van der Waals surface area contributed by atoms with Crippen LogP contribution in [0.4, 0.5) is 18.9 Å². The first-order valence-corrected chi connectivity index (χ1v) is 12.3. The number of halogens is 3. The summed E-state index contributed by atoms with van der Waals surface area (Å²) in [6, 6.07) is 2.43. The Labute approximate surface area is 221 Å². The van der Waals surface area contributed by atoms with Gasteiger partial charge in [0.2, 0.25) is 5.88 Å². The summed E-state index contributed by atoms with van der Waals surface area (Å²) in [6.45, 7) is 4.09. The number of hydrogen-bond donors (Lipinski definition) is 1. The molecule has 3 saturated heterocycles. The molecule has 39 heavy (non-hydrogen) atoms. The topological polar surface area (TPSA) is 117 Å². The van der Waals surface area contributed by atoms with E-state index in [2.05, 4.69) is 36.9 Å². The van der Waals surface area contributed by atoms with Gasteiger partial charge in [-0.15, -0.1) is 0 Å². The second-order valence-corrected chi connectivity index (χ2v) is 9.59. The number of pyridine rings is 1. The molecule has 208 valence electrons. The van der Waals surface area contributed by atoms with Crippen molar-refractivity contribution in [1.29, 1.82) is 0 Å². The first kappa shape index (κ1) is 26.9. The van der Waals surface area contributed by atoms with E-state index in [1.165, 1.54) is 0 Å². The van der Waals surface area contributed by atoms with E-state index in [4.69, 9.17) is 14.2 Å². The first-order valence-electron chi connectivity index (χ1n) is 12.3. The van der Waals surface area contributed by atoms with Gasteiger partial charge in [-0.3, -0.25) is 4.68 Å². The maximum Gasteiger partial charge on any atom is 0.491 e. The molecule has 0 radical (unpaired) electrons. The lowest BCUT2D eigenvalue weighted by Gasteiger charge is -2.53. The molecule has 5 rings (SSSR count). The van der Waals surface area contributed by atoms with Gasteiger partial charge in [0, 0.05) is 44.5 Å². The second-order valence-electron chi connectivity index (χ2n) is 9.59. The van der Waals surface area contributed by atoms with Crippen LogP contribution in [0.3, 0.4) is 0 Å². The van der Waals surface area contributed by atoms with E-state index in [9.17, 15) is 22.8 Å². The Morgan fingerprint density at radius 1 is 1.28 bits per heavy atom. The van der Waals surface area contributed by atoms with Gasteiger partial charge in [0.05, 0.1) is 25.9 Å². The van der Waals surface area contributed by atoms with Crippen LogP contribution in [0.15, 0.2) is 24.5 Å². The third-order valence-electron chi connectivity index (χ3n) is 6.91. The van der Waals surface area contributed by atoms with Crippen LogP contribution in [0, 0.1) is 11.8 Å². The molecule has 0 bridgehead atoms. The summed E-state index contributed by atoms with van der Waals surface area (Å²) < 4.78 is 60.6. The molecule has 3 fully saturated rings. The molecule has 14 heteroatoms. The van der Waals surface area contributed by atoms with Gasteiger partial charge in [0.25, 0.3) is 0 Å². The highest BCUT2D eigenvalue weighted by atomic mass is 19.4. The molecule has 5 heterocycles. The van der Waals surface area contributed by atoms with Crippen LogP contribution in [-0.2, 0) is 30.8 Å². The van der Waals surface area contributed by atoms with Crippen molar-refractivity contribution in [2.24, 2.45) is 7.05 Å². The van der Waals surface area contributed by atoms with Gasteiger partial charge >= 0.3 is 18.1 Å². The summed E-state index contributed by atoms with van der Waals surface area (Å²) in [5.74, 6) is 2.47. The van der Waals surface area contributed by atoms with Gasteiger partial charge in [0.15, 0.2) is 0 Å². The SMILES string of the molecule is C[C@H]1N(c2cc(C#Cc3ccn(C)n3)cnc2O[C@@H]2CN[C@H](C(=O)OC(=O)C(F)(F)F)C2)CCOC12COC2. The number of carbonyl (C=O) groups is 2. The number of ether oxygens (including phenoxy) is 4. The molecule has 1 N–H and O–H groups in total. The van der Waals surface area contributed by atoms with Crippen LogP contribution >= 0.6 is 0 Å². The number of carbonyl (C=O) groups excluding carboxylic acids is 2. The van der Waals surface area contributed by atoms with E-state index < -0.39 is 35.9 Å². The van der Waals surface area contributed by atoms with Crippen molar-refractivity contribution in [2.45, 2.75) is 43.3 Å². The van der Waals surface area contributed by atoms with Crippen LogP contribution < -0.4 is 15.0 Å². The molecule has 2 aromatic rings. The van der Waals surface area contributed by atoms with Crippen molar-refractivity contribution < 1.29 is 41.7 Å². The molecule has 0 saturated carbocycles. The van der Waals surface area contributed by atoms with E-state index in [0.29, 0.717) is 43.3 Å². The van der Waals surface area contributed by atoms with E-state index >= 15 is 0 Å². The number of alkyl halides is 3. The maximum absolute atomic E-state index is 12.5. The largest absolute Gasteiger partial charge is 0.491 e. The number of nitrogens with zero attached hydrogens (tertiary/aromatic N) is 4. The van der Waals surface area contributed by atoms with E-state index in [1.54, 1.807) is 30.2 Å². The van der Waals surface area contributed by atoms with Crippen LogP contribution in [0.5, 0.6) is 5.88 Å². The van der Waals surface area contributed by atoms with Gasteiger partial charge in [-0.25, -0.2) is 14.6 Å². The molecule has 11 nitrogen and oxygen atoms in total. The smallest absolute Gasteiger partial charge is 0.471 e. The standard InChI is InChI=1S/C25H26F3N5O6/c1-15-24(13-36-14-24)37-8-7-33(15)20-9-16(3-4-17-5-6-32(2)31-17)11-30-21(20)38-18-10-19(29-12-18)22(34)39-23(35)25(26,27)28/h5-6,9,11,15,18-19,29H,7-8,10,12-14H2,1-2H3/t15-,18+,19+/m1/s1. The summed E-state index contributed by atoms with van der Waals surface area (Å²) in [5, 5.41) is 7.00. The van der Waals surface area contributed by atoms with Gasteiger partial charge in [0.1, 0.15) is 29.1 Å². The number of esters is 2. The fourth-order valence-electron chi connectivity index (χ4n) is 4.68. The predicted octanol–water partition coefficient (Wildman–Crippen LogP) is 0.950. The average molecular weight is 550 g/mol. The monoisotopic (exact) mass is 549 g/mol. The number of aromatic nitrogens is 3. The predicted molar refractivity (Wildman–Crippen MR) is 128 cm³/mol. The molecular formula is C25H26F3N5O6. The Morgan fingerprint density at radius 3 is 2.74 bits per heavy atom. The number of hydrogen-bond acceptors (Lipinski definition) is 10. The molecule has 1 spiro atoms. The van der Waals surface area contributed by atoms with Crippen molar-refractivity contribution in [1.82, 2.24) is 20.1 Å². The Hall–Kier alpha value is -3.67. The third-order valence-corrected chi connectivity index (χ3v) is 6.91. The zero-order chi connectivity index (χ0) is 27.8. The molecule has 2 aromatic heterocycles. The molecule has 0 aromatic carbocycles. The van der Waals surface area contributed by atoms with Gasteiger partial charge in [-0.2, -0.15) is 18.3 Å². The Kier molecular flexibility index (Phi) is 7.23. The third kappa shape index (κ3) is 5.70. The molecule has 0 unspecified atom stereocenters. The highest BCUT2D eigenvalue weighted by Crippen LogP contribution is 2.38. The van der Waals surface area contributed by atoms with Crippen LogP contribution in [-0.4, -0.2) is 89.6 Å². The lowest BCUT2D eigenvalue weighted by molar-refractivity contribution is -0.228. The van der Waals surface area contributed by atoms with Crippen molar-refractivity contribution in [3.05, 3.63) is 35.8 Å². The molecule has 0 aliphatic carbocycles. The quantitative estimate of drug-likeness (QED) is 0.336. The zero-order valence-electron chi connectivity index (χ0n) is 21.2. The lowest BCUT2D eigenvalue weighted by atomic mass is 9.90. The van der Waals surface area contributed by atoms with E-state index in [1.807, 2.05) is 13.0 Å². The van der Waals surface area contributed by atoms with Crippen molar-refractivity contribution >= 4 is 17.6 Å². The minimum atomic E-state index is -5.26. The number of aryl methyl sites for hydroxylation is 1. The van der Waals surface area contributed by atoms with Gasteiger partial charge < -0.3 is 29.2 Å². The molecule has 3 atom stereocenters. The Morgan fingerprint density at radius 2 is 2.08 bits per heavy atom. The molecule has 3 aliphatic rings. The number of rotatable bonds is 4. The second kappa shape index (κ2) is 10.5. The number of anilines is 1. The highest BCUT2D eigenvalue weighted by Gasteiger charge is 2.50. The maximum atomic E-state index is 12.5. The van der Waals surface area contributed by atoms with Crippen molar-refractivity contribution in [2.75, 3.05) is 37.8 Å². The number of morpholine rings is 1. The molecule has 3 aliphatic heterocycles. The normalized spacial score (nSPS) is 24.0. The highest BCUT2D eigenvalue weighted by molar-refractivity contribution is 5.91. The lowest BCUT2D eigenvalue weighted by Crippen LogP contribution is -2.68. The zero-order valence-corrected chi connectivity index (χ0v) is 21.2.